The predicted octanol–water partition coefficient (Wildman–Crippen LogP) is 5.73. The van der Waals surface area contributed by atoms with Gasteiger partial charge in [-0.1, -0.05) is 55.7 Å². The van der Waals surface area contributed by atoms with Gasteiger partial charge in [0.05, 0.1) is 18.2 Å². The number of anilines is 1. The van der Waals surface area contributed by atoms with Gasteiger partial charge in [0.2, 0.25) is 11.8 Å². The van der Waals surface area contributed by atoms with Crippen LogP contribution in [-0.2, 0) is 22.4 Å². The highest BCUT2D eigenvalue weighted by Crippen LogP contribution is 2.34. The zero-order chi connectivity index (χ0) is 28.8. The quantitative estimate of drug-likeness (QED) is 0.235. The summed E-state index contributed by atoms with van der Waals surface area (Å²) in [5, 5.41) is 7.56. The van der Waals surface area contributed by atoms with E-state index in [2.05, 4.69) is 20.6 Å². The summed E-state index contributed by atoms with van der Waals surface area (Å²) in [6.07, 6.45) is 9.91. The van der Waals surface area contributed by atoms with Crippen LogP contribution in [0.25, 0.3) is 10.9 Å². The fourth-order valence-corrected chi connectivity index (χ4v) is 6.05. The molecule has 0 aliphatic heterocycles. The smallest absolute Gasteiger partial charge is 0.246 e. The Hall–Kier alpha value is -4.13. The molecule has 2 atom stereocenters. The highest BCUT2D eigenvalue weighted by molar-refractivity contribution is 5.93. The Morgan fingerprint density at radius 3 is 2.44 bits per heavy atom. The monoisotopic (exact) mass is 551 g/mol. The average Bonchev–Trinajstić information content (AvgIpc) is 3.39. The predicted molar refractivity (Wildman–Crippen MR) is 165 cm³/mol. The number of aromatic amines is 1. The number of H-pyrrole nitrogens is 1. The Kier molecular flexibility index (Phi) is 8.72. The zero-order valence-electron chi connectivity index (χ0n) is 24.3. The van der Waals surface area contributed by atoms with Gasteiger partial charge in [-0.3, -0.25) is 14.6 Å². The molecular formula is C34H41N5O2. The van der Waals surface area contributed by atoms with Gasteiger partial charge >= 0.3 is 0 Å². The lowest BCUT2D eigenvalue weighted by Gasteiger charge is -2.35. The Balaban J connectivity index is 1.42. The van der Waals surface area contributed by atoms with Crippen molar-refractivity contribution in [1.82, 2.24) is 20.6 Å². The molecule has 5 rings (SSSR count). The number of hydrogen-bond donors (Lipinski definition) is 3. The van der Waals surface area contributed by atoms with Gasteiger partial charge < -0.3 is 20.5 Å². The molecule has 214 valence electrons. The van der Waals surface area contributed by atoms with Crippen LogP contribution in [0.2, 0.25) is 0 Å². The van der Waals surface area contributed by atoms with Crippen molar-refractivity contribution >= 4 is 28.4 Å². The highest BCUT2D eigenvalue weighted by Gasteiger charge is 2.39. The Labute approximate surface area is 242 Å². The summed E-state index contributed by atoms with van der Waals surface area (Å²) in [7, 11) is 3.98. The fraction of sp³-hybridized carbons (Fsp3) is 0.382. The molecule has 0 saturated heterocycles. The van der Waals surface area contributed by atoms with Crippen LogP contribution in [0.15, 0.2) is 79.1 Å². The summed E-state index contributed by atoms with van der Waals surface area (Å²) >= 11 is 0. The number of aromatic nitrogens is 2. The number of fused-ring (bicyclic) bond motifs is 1. The van der Waals surface area contributed by atoms with Gasteiger partial charge in [-0.25, -0.2) is 0 Å². The highest BCUT2D eigenvalue weighted by atomic mass is 16.2. The molecule has 3 N–H and O–H groups in total. The molecule has 1 saturated carbocycles. The number of pyridine rings is 1. The summed E-state index contributed by atoms with van der Waals surface area (Å²) in [6, 6.07) is 21.6. The van der Waals surface area contributed by atoms with Crippen LogP contribution in [0, 0.1) is 5.92 Å². The molecular weight excluding hydrogens is 510 g/mol. The average molecular weight is 552 g/mol. The van der Waals surface area contributed by atoms with Crippen LogP contribution in [0.3, 0.4) is 0 Å². The van der Waals surface area contributed by atoms with E-state index in [9.17, 15) is 9.59 Å². The topological polar surface area (TPSA) is 90.1 Å². The molecule has 0 spiro atoms. The van der Waals surface area contributed by atoms with Crippen molar-refractivity contribution in [2.75, 3.05) is 19.0 Å². The Morgan fingerprint density at radius 1 is 1.00 bits per heavy atom. The minimum absolute atomic E-state index is 0.188. The lowest BCUT2D eigenvalue weighted by atomic mass is 9.81. The van der Waals surface area contributed by atoms with Gasteiger partial charge in [-0.2, -0.15) is 0 Å². The minimum Gasteiger partial charge on any atom is -0.378 e. The summed E-state index contributed by atoms with van der Waals surface area (Å²) in [4.78, 5) is 37.7. The van der Waals surface area contributed by atoms with Gasteiger partial charge in [-0.05, 0) is 67.1 Å². The van der Waals surface area contributed by atoms with Crippen molar-refractivity contribution in [1.29, 1.82) is 0 Å². The van der Waals surface area contributed by atoms with E-state index < -0.39 is 5.54 Å². The third-order valence-corrected chi connectivity index (χ3v) is 8.37. The molecule has 1 aliphatic carbocycles. The van der Waals surface area contributed by atoms with Crippen molar-refractivity contribution in [3.8, 4) is 0 Å². The lowest BCUT2D eigenvalue weighted by Crippen LogP contribution is -2.59. The van der Waals surface area contributed by atoms with E-state index >= 15 is 0 Å². The van der Waals surface area contributed by atoms with Crippen LogP contribution in [-0.4, -0.2) is 41.4 Å². The lowest BCUT2D eigenvalue weighted by molar-refractivity contribution is -0.133. The van der Waals surface area contributed by atoms with Crippen molar-refractivity contribution < 1.29 is 9.59 Å². The second-order valence-electron chi connectivity index (χ2n) is 11.8. The molecule has 0 bridgehead atoms. The van der Waals surface area contributed by atoms with Crippen molar-refractivity contribution in [2.45, 2.75) is 63.5 Å². The second kappa shape index (κ2) is 12.6. The van der Waals surface area contributed by atoms with E-state index in [4.69, 9.17) is 0 Å². The maximum absolute atomic E-state index is 14.3. The Bertz CT molecular complexity index is 1460. The molecule has 7 heteroatoms. The number of nitrogens with zero attached hydrogens (tertiary/aromatic N) is 2. The number of rotatable bonds is 10. The van der Waals surface area contributed by atoms with Gasteiger partial charge in [0.15, 0.2) is 0 Å². The molecule has 1 aliphatic rings. The summed E-state index contributed by atoms with van der Waals surface area (Å²) in [5.74, 6) is -0.0710. The van der Waals surface area contributed by atoms with E-state index in [1.165, 1.54) is 6.42 Å². The standard InChI is InChI=1S/C34H41N5O2/c1-34(22-26-23-36-29-14-8-7-13-28(26)29,38-31(40)21-24-16-18-27(19-17-24)39(2)3)33(41)37-32(25-11-5-4-6-12-25)30-15-9-10-20-35-30/h7-10,13-20,23,25,32,36H,4-6,11-12,21-22H2,1-3H3,(H,37,41)(H,38,40). The number of hydrogen-bond acceptors (Lipinski definition) is 4. The summed E-state index contributed by atoms with van der Waals surface area (Å²) in [5.41, 5.74) is 3.66. The number of carbonyl (C=O) groups excluding carboxylic acids is 2. The molecule has 0 radical (unpaired) electrons. The zero-order valence-corrected chi connectivity index (χ0v) is 24.3. The SMILES string of the molecule is CN(C)c1ccc(CC(=O)NC(C)(Cc2c[nH]c3ccccc23)C(=O)NC(c2ccccn2)C2CCCCC2)cc1. The van der Waals surface area contributed by atoms with E-state index in [0.29, 0.717) is 12.3 Å². The van der Waals surface area contributed by atoms with E-state index in [1.807, 2.05) is 98.8 Å². The maximum atomic E-state index is 14.3. The molecule has 2 unspecified atom stereocenters. The first kappa shape index (κ1) is 28.4. The molecule has 2 heterocycles. The van der Waals surface area contributed by atoms with E-state index in [-0.39, 0.29) is 24.3 Å². The molecule has 1 fully saturated rings. The first-order valence-corrected chi connectivity index (χ1v) is 14.7. The molecule has 41 heavy (non-hydrogen) atoms. The van der Waals surface area contributed by atoms with E-state index in [1.54, 1.807) is 6.20 Å². The van der Waals surface area contributed by atoms with Crippen molar-refractivity contribution in [3.63, 3.8) is 0 Å². The van der Waals surface area contributed by atoms with Crippen LogP contribution in [0.4, 0.5) is 5.69 Å². The van der Waals surface area contributed by atoms with Crippen molar-refractivity contribution in [3.05, 3.63) is 95.9 Å². The number of amides is 2. The van der Waals surface area contributed by atoms with E-state index in [0.717, 1.165) is 59.1 Å². The van der Waals surface area contributed by atoms with Crippen LogP contribution >= 0.6 is 0 Å². The van der Waals surface area contributed by atoms with Crippen LogP contribution in [0.5, 0.6) is 0 Å². The fourth-order valence-electron chi connectivity index (χ4n) is 6.05. The largest absolute Gasteiger partial charge is 0.378 e. The summed E-state index contributed by atoms with van der Waals surface area (Å²) in [6.45, 7) is 1.84. The molecule has 2 aromatic carbocycles. The maximum Gasteiger partial charge on any atom is 0.246 e. The third-order valence-electron chi connectivity index (χ3n) is 8.37. The van der Waals surface area contributed by atoms with Gasteiger partial charge in [0.25, 0.3) is 0 Å². The van der Waals surface area contributed by atoms with Gasteiger partial charge in [0.1, 0.15) is 5.54 Å². The minimum atomic E-state index is -1.17. The molecule has 2 amide bonds. The normalized spacial score (nSPS) is 16.1. The molecule has 4 aromatic rings. The van der Waals surface area contributed by atoms with Crippen LogP contribution in [0.1, 0.15) is 61.9 Å². The van der Waals surface area contributed by atoms with Crippen molar-refractivity contribution in [2.24, 2.45) is 5.92 Å². The summed E-state index contributed by atoms with van der Waals surface area (Å²) < 4.78 is 0. The van der Waals surface area contributed by atoms with Gasteiger partial charge in [0, 0.05) is 49.5 Å². The number of nitrogens with one attached hydrogen (secondary N) is 3. The molecule has 2 aromatic heterocycles. The molecule has 7 nitrogen and oxygen atoms in total. The Morgan fingerprint density at radius 2 is 1.73 bits per heavy atom. The number of para-hydroxylation sites is 1. The van der Waals surface area contributed by atoms with Gasteiger partial charge in [-0.15, -0.1) is 0 Å². The third kappa shape index (κ3) is 6.79. The first-order valence-electron chi connectivity index (χ1n) is 14.7. The first-order chi connectivity index (χ1) is 19.8. The second-order valence-corrected chi connectivity index (χ2v) is 11.8. The number of benzene rings is 2. The number of carbonyl (C=O) groups is 2. The van der Waals surface area contributed by atoms with Crippen LogP contribution < -0.4 is 15.5 Å².